The van der Waals surface area contributed by atoms with Gasteiger partial charge in [0.15, 0.2) is 26.7 Å². The number of methoxy groups -OCH3 is 1. The standard InChI is InChI=1S/C27H37N3O5.C26H47NO2Si.C20H27NO6.C14H21N2O2P.C8H16O2.C7H15NO/c1-4-5-16-34-26(31)28-22-10-9-20(2)25(19-22)29-27(32)35-18-17-33-24-13-11-23(12-14-24)30-15-7-6-8-21(30)3;1-4-5-6-7-8-9-10-11-12-13-16-26(29-30(2)3)23-28-25-19-17-24(18-20-25)27-21-14-15-22-27;1-3-4-5-20(24)27-19(13-25-2)14-26-18-8-6-15(7-9-18)21-11-16(22)10-17(23)12-21;17-19-15-9-1-4-12-18-14-7-5-13(6-8-14)16-10-2-3-11-16;1-5-8(4,6-2)10-7(3)9;1-3-4-5-6-8-7(2)9/h9-14,19,21H,4-8,15-18H2,1-3H3,(H,28,31)(H,29,32);17-20,26,30H,4-16,21-23H2,1-3H3;6-9,19H,3-5,10-14H2,1-2H3;5-8H,1-4,9-12H2,(H,15,17);5-6H2,1-4H3;3-6H2,1-2H3,(H,8,9). The maximum Gasteiger partial charge on any atom is 0.411 e. The number of amides is 3. The number of ketones is 2. The Morgan fingerprint density at radius 3 is 1.48 bits per heavy atom. The summed E-state index contributed by atoms with van der Waals surface area (Å²) >= 11 is 0. The van der Waals surface area contributed by atoms with Gasteiger partial charge in [0.1, 0.15) is 55.0 Å². The second-order valence-electron chi connectivity index (χ2n) is 34.3. The van der Waals surface area contributed by atoms with E-state index in [0.29, 0.717) is 49.4 Å². The Hall–Kier alpha value is -9.01. The lowest BCUT2D eigenvalue weighted by molar-refractivity contribution is -0.156. The molecule has 9 rings (SSSR count). The Morgan fingerprint density at radius 1 is 0.508 bits per heavy atom. The van der Waals surface area contributed by atoms with Gasteiger partial charge >= 0.3 is 24.1 Å². The van der Waals surface area contributed by atoms with Crippen molar-refractivity contribution in [1.82, 2.24) is 10.4 Å². The first-order chi connectivity index (χ1) is 62.9. The summed E-state index contributed by atoms with van der Waals surface area (Å²) in [5, 5.41) is 10.9. The summed E-state index contributed by atoms with van der Waals surface area (Å²) < 4.78 is 65.5. The minimum atomic E-state index is -1.05. The Kier molecular flexibility index (Phi) is 60.9. The lowest BCUT2D eigenvalue weighted by Gasteiger charge is -2.35. The molecule has 0 aromatic heterocycles. The van der Waals surface area contributed by atoms with Crippen molar-refractivity contribution in [2.45, 2.75) is 312 Å². The number of rotatable bonds is 52. The Labute approximate surface area is 783 Å². The van der Waals surface area contributed by atoms with Crippen molar-refractivity contribution >= 4 is 93.4 Å². The first-order valence-corrected chi connectivity index (χ1v) is 52.2. The molecule has 5 aromatic rings. The predicted molar refractivity (Wildman–Crippen MR) is 529 cm³/mol. The van der Waals surface area contributed by atoms with Gasteiger partial charge in [-0.1, -0.05) is 138 Å². The van der Waals surface area contributed by atoms with Gasteiger partial charge in [-0.25, -0.2) is 14.7 Å². The van der Waals surface area contributed by atoms with Crippen LogP contribution in [-0.2, 0) is 56.6 Å². The van der Waals surface area contributed by atoms with Gasteiger partial charge in [0.05, 0.1) is 45.4 Å². The van der Waals surface area contributed by atoms with E-state index in [2.05, 4.69) is 118 Å². The number of hydrogen-bond acceptors (Lipinski definition) is 22. The highest BCUT2D eigenvalue weighted by Crippen LogP contribution is 2.30. The van der Waals surface area contributed by atoms with E-state index in [4.69, 9.17) is 47.1 Å². The topological polar surface area (TPSA) is 290 Å². The maximum atomic E-state index is 12.2. The molecule has 130 heavy (non-hydrogen) atoms. The number of anilines is 6. The number of unbranched alkanes of at least 4 members (excludes halogenated alkanes) is 14. The number of piperidine rings is 2. The normalized spacial score (nSPS) is 14.5. The van der Waals surface area contributed by atoms with E-state index >= 15 is 0 Å². The summed E-state index contributed by atoms with van der Waals surface area (Å²) in [5.74, 6) is 2.74. The smallest absolute Gasteiger partial charge is 0.411 e. The van der Waals surface area contributed by atoms with Gasteiger partial charge in [0.2, 0.25) is 14.5 Å². The van der Waals surface area contributed by atoms with Crippen LogP contribution in [0.25, 0.3) is 0 Å². The summed E-state index contributed by atoms with van der Waals surface area (Å²) in [7, 11) is 0.507. The summed E-state index contributed by atoms with van der Waals surface area (Å²) in [4.78, 5) is 88.9. The second kappa shape index (κ2) is 69.8. The molecule has 3 atom stereocenters. The predicted octanol–water partition coefficient (Wildman–Crippen LogP) is 22.5. The van der Waals surface area contributed by atoms with Gasteiger partial charge in [-0.3, -0.25) is 39.2 Å². The molecule has 4 fully saturated rings. The van der Waals surface area contributed by atoms with Gasteiger partial charge in [-0.05, 0) is 245 Å². The van der Waals surface area contributed by atoms with Gasteiger partial charge in [-0.2, -0.15) is 0 Å². The first kappa shape index (κ1) is 113. The molecular weight excluding hydrogens is 1680 g/mol. The molecule has 0 bridgehead atoms. The fraction of sp³-hybridized carbons (Fsp3) is 0.637. The molecule has 3 unspecified atom stereocenters. The number of hydrogen-bond donors (Lipinski definition) is 4. The number of Topliss-reactive ketones (excluding diaryl/α,β-unsaturated/α-hetero) is 2. The fourth-order valence-corrected chi connectivity index (χ4v) is 16.0. The second-order valence-corrected chi connectivity index (χ2v) is 37.2. The van der Waals surface area contributed by atoms with E-state index in [1.54, 1.807) is 61.4 Å². The highest BCUT2D eigenvalue weighted by Gasteiger charge is 2.26. The molecule has 4 saturated heterocycles. The van der Waals surface area contributed by atoms with E-state index in [-0.39, 0.29) is 95.7 Å². The minimum absolute atomic E-state index is 0.0110. The Balaban J connectivity index is 0.000000344. The number of carbonyl (C=O) groups excluding carboxylic acids is 7. The molecule has 0 aliphatic carbocycles. The monoisotopic (exact) mass is 1850 g/mol. The maximum absolute atomic E-state index is 12.2. The van der Waals surface area contributed by atoms with Gasteiger partial charge in [-0.15, -0.1) is 0 Å². The van der Waals surface area contributed by atoms with Crippen LogP contribution in [0.3, 0.4) is 0 Å². The molecule has 26 nitrogen and oxygen atoms in total. The summed E-state index contributed by atoms with van der Waals surface area (Å²) in [5.41, 5.74) is 6.29. The van der Waals surface area contributed by atoms with Crippen LogP contribution in [0.5, 0.6) is 23.0 Å². The Bertz CT molecular complexity index is 3860. The lowest BCUT2D eigenvalue weighted by atomic mass is 10.0. The quantitative estimate of drug-likeness (QED) is 0.00702. The number of ether oxygens (including phenoxy) is 9. The van der Waals surface area contributed by atoms with Crippen LogP contribution in [0.15, 0.2) is 115 Å². The fourth-order valence-electron chi connectivity index (χ4n) is 14.8. The molecule has 0 saturated carbocycles. The highest BCUT2D eigenvalue weighted by molar-refractivity contribution is 7.21. The van der Waals surface area contributed by atoms with Crippen LogP contribution < -0.4 is 59.6 Å². The lowest BCUT2D eigenvalue weighted by Crippen LogP contribution is -2.41. The molecule has 0 spiro atoms. The van der Waals surface area contributed by atoms with E-state index in [9.17, 15) is 38.1 Å². The van der Waals surface area contributed by atoms with Crippen molar-refractivity contribution in [3.8, 4) is 23.0 Å². The van der Waals surface area contributed by atoms with Crippen molar-refractivity contribution in [3.05, 3.63) is 121 Å². The van der Waals surface area contributed by atoms with Crippen molar-refractivity contribution in [2.75, 3.05) is 142 Å². The SMILES string of the molecule is CCC(C)(CC)OC(C)=O.CCCCC(=O)OC(COC)COc1ccc(N2CC(=O)CC(=O)C2)cc1.CCCCCCCCCCCCC(COc1ccc(N2CCCC2)cc1)O[SiH](C)C.CCCCCNC(C)=O.CCCCOC(=O)Nc1ccc(C)c(NC(=O)OCCOc2ccc(N3CCCCC3C)cc2)c1.O=PNCCCCOc1ccc(N2CCCC2)cc1. The van der Waals surface area contributed by atoms with Crippen LogP contribution in [0.2, 0.25) is 13.1 Å². The molecule has 5 aromatic carbocycles. The van der Waals surface area contributed by atoms with Crippen molar-refractivity contribution < 1.29 is 85.2 Å². The zero-order valence-corrected chi connectivity index (χ0v) is 83.6. The zero-order valence-electron chi connectivity index (χ0n) is 81.6. The molecule has 4 aliphatic heterocycles. The van der Waals surface area contributed by atoms with E-state index in [1.807, 2.05) is 65.8 Å². The van der Waals surface area contributed by atoms with E-state index < -0.39 is 27.3 Å². The molecule has 4 heterocycles. The molecule has 728 valence electrons. The average molecular weight is 1850 g/mol. The number of esters is 2. The zero-order chi connectivity index (χ0) is 94.8. The van der Waals surface area contributed by atoms with Gasteiger partial charge in [0.25, 0.3) is 0 Å². The number of nitrogens with zero attached hydrogens (tertiary/aromatic N) is 4. The third-order valence-corrected chi connectivity index (χ3v) is 23.9. The number of aryl methyl sites for hydroxylation is 1. The van der Waals surface area contributed by atoms with Gasteiger partial charge < -0.3 is 72.0 Å². The molecular formula is C102H163N8O18PSi. The molecule has 28 heteroatoms. The summed E-state index contributed by atoms with van der Waals surface area (Å²) in [6.07, 6.45) is 33.7. The average Bonchev–Trinajstić information content (AvgIpc) is 1.11. The summed E-state index contributed by atoms with van der Waals surface area (Å²) in [6.45, 7) is 36.6. The highest BCUT2D eigenvalue weighted by atomic mass is 31.1. The summed E-state index contributed by atoms with van der Waals surface area (Å²) in [6, 6.07) is 38.0. The first-order valence-electron chi connectivity index (χ1n) is 48.6. The van der Waals surface area contributed by atoms with Crippen LogP contribution >= 0.6 is 8.61 Å². The third-order valence-electron chi connectivity index (χ3n) is 22.6. The largest absolute Gasteiger partial charge is 0.494 e. The third kappa shape index (κ3) is 51.7. The molecule has 3 amide bonds. The Morgan fingerprint density at radius 2 is 0.985 bits per heavy atom. The van der Waals surface area contributed by atoms with Crippen molar-refractivity contribution in [2.24, 2.45) is 0 Å². The van der Waals surface area contributed by atoms with E-state index in [0.717, 1.165) is 112 Å². The van der Waals surface area contributed by atoms with Gasteiger partial charge in [0, 0.05) is 113 Å². The number of nitrogens with one attached hydrogen (secondary N) is 4. The van der Waals surface area contributed by atoms with Crippen molar-refractivity contribution in [3.63, 3.8) is 0 Å². The van der Waals surface area contributed by atoms with Crippen LogP contribution in [0.1, 0.15) is 274 Å². The molecule has 4 N–H and O–H groups in total. The van der Waals surface area contributed by atoms with E-state index in [1.165, 1.54) is 172 Å². The van der Waals surface area contributed by atoms with Crippen LogP contribution in [-0.4, -0.2) is 187 Å². The molecule has 0 radical (unpaired) electrons. The van der Waals surface area contributed by atoms with Crippen molar-refractivity contribution in [1.29, 1.82) is 0 Å². The van der Waals surface area contributed by atoms with Crippen LogP contribution in [0, 0.1) is 6.92 Å². The van der Waals surface area contributed by atoms with Crippen LogP contribution in [0.4, 0.5) is 43.7 Å². The molecule has 4 aliphatic rings. The number of carbonyl (C=O) groups is 7. The minimum Gasteiger partial charge on any atom is -0.494 e. The number of benzene rings is 5.